The molecule has 0 aromatic heterocycles. The van der Waals surface area contributed by atoms with E-state index in [1.54, 1.807) is 18.2 Å². The van der Waals surface area contributed by atoms with Crippen molar-refractivity contribution in [2.24, 2.45) is 0 Å². The number of carbonyl (C=O) groups is 1. The summed E-state index contributed by atoms with van der Waals surface area (Å²) >= 11 is 0. The van der Waals surface area contributed by atoms with Gasteiger partial charge < -0.3 is 20.3 Å². The highest BCUT2D eigenvalue weighted by molar-refractivity contribution is 5.97. The molecule has 2 N–H and O–H groups in total. The molecule has 26 heavy (non-hydrogen) atoms. The van der Waals surface area contributed by atoms with Crippen LogP contribution in [0.15, 0.2) is 42.5 Å². The van der Waals surface area contributed by atoms with Crippen LogP contribution in [0, 0.1) is 0 Å². The molecule has 1 aliphatic heterocycles. The lowest BCUT2D eigenvalue weighted by Crippen LogP contribution is -2.44. The second kappa shape index (κ2) is 8.06. The van der Waals surface area contributed by atoms with Crippen molar-refractivity contribution >= 4 is 29.5 Å². The topological polar surface area (TPSA) is 58.8 Å². The van der Waals surface area contributed by atoms with E-state index in [9.17, 15) is 4.79 Å². The molecule has 0 atom stereocenters. The van der Waals surface area contributed by atoms with Gasteiger partial charge in [0.1, 0.15) is 0 Å². The van der Waals surface area contributed by atoms with Gasteiger partial charge in [-0.1, -0.05) is 30.4 Å². The van der Waals surface area contributed by atoms with E-state index in [4.69, 9.17) is 10.5 Å². The number of benzene rings is 2. The van der Waals surface area contributed by atoms with Gasteiger partial charge in [-0.3, -0.25) is 0 Å². The van der Waals surface area contributed by atoms with Crippen LogP contribution in [0.4, 0.5) is 11.4 Å². The largest absolute Gasteiger partial charge is 0.465 e. The number of carbonyl (C=O) groups excluding carboxylic acids is 1. The molecule has 5 nitrogen and oxygen atoms in total. The number of nitrogens with two attached hydrogens (primary N) is 1. The molecule has 1 aliphatic rings. The molecule has 0 amide bonds. The number of ether oxygens (including phenoxy) is 1. The monoisotopic (exact) mass is 351 g/mol. The Hall–Kier alpha value is -2.79. The third-order valence-electron chi connectivity index (χ3n) is 4.75. The highest BCUT2D eigenvalue weighted by atomic mass is 16.5. The van der Waals surface area contributed by atoms with Crippen LogP contribution >= 0.6 is 0 Å². The molecule has 3 rings (SSSR count). The summed E-state index contributed by atoms with van der Waals surface area (Å²) in [6.45, 7) is 4.28. The van der Waals surface area contributed by atoms with Gasteiger partial charge in [0.2, 0.25) is 0 Å². The summed E-state index contributed by atoms with van der Waals surface area (Å²) in [6, 6.07) is 13.7. The summed E-state index contributed by atoms with van der Waals surface area (Å²) in [7, 11) is 3.53. The Morgan fingerprint density at radius 2 is 1.73 bits per heavy atom. The van der Waals surface area contributed by atoms with Crippen molar-refractivity contribution < 1.29 is 9.53 Å². The summed E-state index contributed by atoms with van der Waals surface area (Å²) in [5.41, 5.74) is 10.0. The molecular weight excluding hydrogens is 326 g/mol. The Morgan fingerprint density at radius 1 is 1.04 bits per heavy atom. The van der Waals surface area contributed by atoms with Crippen LogP contribution in [-0.4, -0.2) is 51.2 Å². The smallest absolute Gasteiger partial charge is 0.338 e. The lowest BCUT2D eigenvalue weighted by Gasteiger charge is -2.34. The summed E-state index contributed by atoms with van der Waals surface area (Å²) in [5, 5.41) is 0. The number of nitrogen functional groups attached to an aromatic ring is 1. The fourth-order valence-corrected chi connectivity index (χ4v) is 3.10. The number of likely N-dealkylation sites (N-methyl/N-ethyl adjacent to an activating group) is 1. The fourth-order valence-electron chi connectivity index (χ4n) is 3.10. The SMILES string of the molecule is COC(=O)c1cccc(N)c1C=Cc1ccc(N2CCN(C)CC2)cc1. The van der Waals surface area contributed by atoms with Crippen LogP contribution in [0.2, 0.25) is 0 Å². The predicted molar refractivity (Wildman–Crippen MR) is 107 cm³/mol. The van der Waals surface area contributed by atoms with Crippen molar-refractivity contribution in [2.75, 3.05) is 51.0 Å². The Morgan fingerprint density at radius 3 is 2.38 bits per heavy atom. The molecule has 1 saturated heterocycles. The van der Waals surface area contributed by atoms with Crippen LogP contribution < -0.4 is 10.6 Å². The molecule has 2 aromatic rings. The lowest BCUT2D eigenvalue weighted by atomic mass is 10.0. The zero-order chi connectivity index (χ0) is 18.5. The second-order valence-electron chi connectivity index (χ2n) is 6.52. The molecule has 0 radical (unpaired) electrons. The molecule has 1 heterocycles. The van der Waals surface area contributed by atoms with Crippen molar-refractivity contribution in [2.45, 2.75) is 0 Å². The van der Waals surface area contributed by atoms with Gasteiger partial charge in [0.25, 0.3) is 0 Å². The van der Waals surface area contributed by atoms with Crippen LogP contribution in [-0.2, 0) is 4.74 Å². The number of esters is 1. The highest BCUT2D eigenvalue weighted by Gasteiger charge is 2.14. The van der Waals surface area contributed by atoms with E-state index in [1.807, 2.05) is 12.2 Å². The van der Waals surface area contributed by atoms with Gasteiger partial charge in [0, 0.05) is 43.1 Å². The van der Waals surface area contributed by atoms with E-state index in [0.29, 0.717) is 16.8 Å². The van der Waals surface area contributed by atoms with Crippen molar-refractivity contribution in [1.29, 1.82) is 0 Å². The number of nitrogens with zero attached hydrogens (tertiary/aromatic N) is 2. The molecule has 5 heteroatoms. The molecule has 1 fully saturated rings. The van der Waals surface area contributed by atoms with E-state index in [-0.39, 0.29) is 5.97 Å². The number of rotatable bonds is 4. The number of hydrogen-bond donors (Lipinski definition) is 1. The standard InChI is InChI=1S/C21H25N3O2/c1-23-12-14-24(15-13-23)17-9-6-16(7-10-17)8-11-18-19(21(25)26-2)4-3-5-20(18)22/h3-11H,12-15,22H2,1-2H3. The molecule has 0 saturated carbocycles. The van der Waals surface area contributed by atoms with Gasteiger partial charge in [0.15, 0.2) is 0 Å². The van der Waals surface area contributed by atoms with E-state index < -0.39 is 0 Å². The zero-order valence-electron chi connectivity index (χ0n) is 15.3. The van der Waals surface area contributed by atoms with Crippen molar-refractivity contribution in [3.8, 4) is 0 Å². The quantitative estimate of drug-likeness (QED) is 0.521. The maximum atomic E-state index is 11.9. The van der Waals surface area contributed by atoms with Crippen LogP contribution in [0.3, 0.4) is 0 Å². The van der Waals surface area contributed by atoms with Gasteiger partial charge in [-0.15, -0.1) is 0 Å². The summed E-state index contributed by atoms with van der Waals surface area (Å²) in [4.78, 5) is 16.7. The van der Waals surface area contributed by atoms with Crippen molar-refractivity contribution in [3.63, 3.8) is 0 Å². The fraction of sp³-hybridized carbons (Fsp3) is 0.286. The van der Waals surface area contributed by atoms with E-state index in [2.05, 4.69) is 41.1 Å². The predicted octanol–water partition coefficient (Wildman–Crippen LogP) is 2.98. The zero-order valence-corrected chi connectivity index (χ0v) is 15.3. The Bertz CT molecular complexity index is 791. The number of methoxy groups -OCH3 is 1. The van der Waals surface area contributed by atoms with Crippen molar-refractivity contribution in [3.05, 3.63) is 59.2 Å². The van der Waals surface area contributed by atoms with E-state index in [0.717, 1.165) is 31.7 Å². The molecule has 0 spiro atoms. The molecule has 0 aliphatic carbocycles. The lowest BCUT2D eigenvalue weighted by molar-refractivity contribution is 0.0600. The molecular formula is C21H25N3O2. The minimum absolute atomic E-state index is 0.387. The maximum Gasteiger partial charge on any atom is 0.338 e. The molecule has 0 bridgehead atoms. The number of hydrogen-bond acceptors (Lipinski definition) is 5. The highest BCUT2D eigenvalue weighted by Crippen LogP contribution is 2.22. The maximum absolute atomic E-state index is 11.9. The van der Waals surface area contributed by atoms with Gasteiger partial charge >= 0.3 is 5.97 Å². The second-order valence-corrected chi connectivity index (χ2v) is 6.52. The van der Waals surface area contributed by atoms with Crippen LogP contribution in [0.1, 0.15) is 21.5 Å². The van der Waals surface area contributed by atoms with Gasteiger partial charge in [-0.25, -0.2) is 4.79 Å². The Kier molecular flexibility index (Phi) is 5.58. The Labute approximate surface area is 154 Å². The molecule has 2 aromatic carbocycles. The van der Waals surface area contributed by atoms with Gasteiger partial charge in [-0.2, -0.15) is 0 Å². The van der Waals surface area contributed by atoms with E-state index in [1.165, 1.54) is 12.8 Å². The summed E-state index contributed by atoms with van der Waals surface area (Å²) < 4.78 is 4.84. The number of piperazine rings is 1. The molecule has 0 unspecified atom stereocenters. The normalized spacial score (nSPS) is 15.4. The molecule has 136 valence electrons. The minimum Gasteiger partial charge on any atom is -0.465 e. The van der Waals surface area contributed by atoms with Crippen molar-refractivity contribution in [1.82, 2.24) is 4.90 Å². The third kappa shape index (κ3) is 4.06. The Balaban J connectivity index is 1.76. The van der Waals surface area contributed by atoms with Crippen LogP contribution in [0.5, 0.6) is 0 Å². The minimum atomic E-state index is -0.387. The summed E-state index contributed by atoms with van der Waals surface area (Å²) in [5.74, 6) is -0.387. The average Bonchev–Trinajstić information content (AvgIpc) is 2.67. The van der Waals surface area contributed by atoms with Gasteiger partial charge in [-0.05, 0) is 36.9 Å². The van der Waals surface area contributed by atoms with E-state index >= 15 is 0 Å². The third-order valence-corrected chi connectivity index (χ3v) is 4.75. The number of anilines is 2. The first-order chi connectivity index (χ1) is 12.6. The first-order valence-corrected chi connectivity index (χ1v) is 8.77. The first kappa shape index (κ1) is 18.0. The first-order valence-electron chi connectivity index (χ1n) is 8.77. The summed E-state index contributed by atoms with van der Waals surface area (Å²) in [6.07, 6.45) is 3.83. The van der Waals surface area contributed by atoms with Gasteiger partial charge in [0.05, 0.1) is 12.7 Å². The average molecular weight is 351 g/mol. The van der Waals surface area contributed by atoms with Crippen LogP contribution in [0.25, 0.3) is 12.2 Å².